The van der Waals surface area contributed by atoms with E-state index in [1.807, 2.05) is 13.8 Å². The summed E-state index contributed by atoms with van der Waals surface area (Å²) in [6.07, 6.45) is 2.31. The third kappa shape index (κ3) is 4.22. The predicted molar refractivity (Wildman–Crippen MR) is 85.8 cm³/mol. The van der Waals surface area contributed by atoms with E-state index in [1.54, 1.807) is 0 Å². The van der Waals surface area contributed by atoms with E-state index in [0.717, 1.165) is 48.7 Å². The molecule has 2 rings (SSSR count). The van der Waals surface area contributed by atoms with Gasteiger partial charge in [-0.25, -0.2) is 0 Å². The molecule has 1 fully saturated rings. The quantitative estimate of drug-likeness (QED) is 0.897. The second-order valence-electron chi connectivity index (χ2n) is 5.68. The van der Waals surface area contributed by atoms with Crippen LogP contribution in [0.15, 0.2) is 12.1 Å². The number of carbonyl (C=O) groups excluding carboxylic acids is 1. The highest BCUT2D eigenvalue weighted by molar-refractivity contribution is 5.97. The lowest BCUT2D eigenvalue weighted by molar-refractivity contribution is 0.0950. The maximum atomic E-state index is 12.2. The molecule has 0 saturated carbocycles. The Kier molecular flexibility index (Phi) is 6.50. The summed E-state index contributed by atoms with van der Waals surface area (Å²) >= 11 is 0. The minimum Gasteiger partial charge on any atom is -0.352 e. The standard InChI is InChI=1S/C16H24N2O.ClH/c1-11-8-12(2)15(13(3)9-11)16(19)18-7-5-14-4-6-17-10-14;/h8-9,14,17H,4-7,10H2,1-3H3,(H,18,19);1H. The lowest BCUT2D eigenvalue weighted by Crippen LogP contribution is -2.27. The largest absolute Gasteiger partial charge is 0.352 e. The van der Waals surface area contributed by atoms with Crippen LogP contribution in [0.3, 0.4) is 0 Å². The predicted octanol–water partition coefficient (Wildman–Crippen LogP) is 2.76. The van der Waals surface area contributed by atoms with Crippen LogP contribution in [0.4, 0.5) is 0 Å². The fraction of sp³-hybridized carbons (Fsp3) is 0.562. The Balaban J connectivity index is 0.00000200. The Hall–Kier alpha value is -1.06. The summed E-state index contributed by atoms with van der Waals surface area (Å²) in [6.45, 7) is 9.07. The molecular formula is C16H25ClN2O. The molecule has 0 radical (unpaired) electrons. The highest BCUT2D eigenvalue weighted by atomic mass is 35.5. The van der Waals surface area contributed by atoms with E-state index in [4.69, 9.17) is 0 Å². The minimum atomic E-state index is 0. The minimum absolute atomic E-state index is 0. The fourth-order valence-electron chi connectivity index (χ4n) is 2.98. The Bertz CT molecular complexity index is 445. The van der Waals surface area contributed by atoms with Crippen molar-refractivity contribution in [3.8, 4) is 0 Å². The van der Waals surface area contributed by atoms with Crippen molar-refractivity contribution >= 4 is 18.3 Å². The van der Waals surface area contributed by atoms with Gasteiger partial charge in [-0.3, -0.25) is 4.79 Å². The second-order valence-corrected chi connectivity index (χ2v) is 5.68. The van der Waals surface area contributed by atoms with Crippen LogP contribution < -0.4 is 10.6 Å². The van der Waals surface area contributed by atoms with Crippen molar-refractivity contribution in [1.29, 1.82) is 0 Å². The lowest BCUT2D eigenvalue weighted by atomic mass is 9.99. The van der Waals surface area contributed by atoms with Gasteiger partial charge in [0.05, 0.1) is 0 Å². The van der Waals surface area contributed by atoms with Gasteiger partial charge < -0.3 is 10.6 Å². The van der Waals surface area contributed by atoms with Crippen LogP contribution in [0, 0.1) is 26.7 Å². The monoisotopic (exact) mass is 296 g/mol. The van der Waals surface area contributed by atoms with Gasteiger partial charge in [-0.15, -0.1) is 12.4 Å². The molecule has 1 aliphatic heterocycles. The molecule has 20 heavy (non-hydrogen) atoms. The van der Waals surface area contributed by atoms with Crippen molar-refractivity contribution in [3.05, 3.63) is 34.4 Å². The molecule has 1 atom stereocenters. The highest BCUT2D eigenvalue weighted by Crippen LogP contribution is 2.16. The zero-order valence-electron chi connectivity index (χ0n) is 12.6. The summed E-state index contributed by atoms with van der Waals surface area (Å²) < 4.78 is 0. The zero-order valence-corrected chi connectivity index (χ0v) is 13.4. The maximum Gasteiger partial charge on any atom is 0.251 e. The van der Waals surface area contributed by atoms with Crippen molar-refractivity contribution in [2.75, 3.05) is 19.6 Å². The van der Waals surface area contributed by atoms with E-state index in [9.17, 15) is 4.79 Å². The van der Waals surface area contributed by atoms with Crippen LogP contribution in [0.5, 0.6) is 0 Å². The van der Waals surface area contributed by atoms with E-state index < -0.39 is 0 Å². The number of rotatable bonds is 4. The molecule has 1 saturated heterocycles. The average molecular weight is 297 g/mol. The van der Waals surface area contributed by atoms with Crippen LogP contribution in [0.2, 0.25) is 0 Å². The van der Waals surface area contributed by atoms with Crippen LogP contribution in [0.1, 0.15) is 39.9 Å². The summed E-state index contributed by atoms with van der Waals surface area (Å²) in [5.74, 6) is 0.793. The number of amides is 1. The van der Waals surface area contributed by atoms with Crippen molar-refractivity contribution in [1.82, 2.24) is 10.6 Å². The Morgan fingerprint density at radius 3 is 2.50 bits per heavy atom. The van der Waals surface area contributed by atoms with Crippen LogP contribution in [0.25, 0.3) is 0 Å². The summed E-state index contributed by atoms with van der Waals surface area (Å²) in [6, 6.07) is 4.14. The van der Waals surface area contributed by atoms with Crippen molar-refractivity contribution in [2.24, 2.45) is 5.92 Å². The van der Waals surface area contributed by atoms with Crippen molar-refractivity contribution in [2.45, 2.75) is 33.6 Å². The third-order valence-corrected chi connectivity index (χ3v) is 3.90. The van der Waals surface area contributed by atoms with Gasteiger partial charge in [0.25, 0.3) is 5.91 Å². The van der Waals surface area contributed by atoms with E-state index in [2.05, 4.69) is 29.7 Å². The van der Waals surface area contributed by atoms with E-state index >= 15 is 0 Å². The molecule has 3 nitrogen and oxygen atoms in total. The number of carbonyl (C=O) groups is 1. The Labute approximate surface area is 127 Å². The fourth-order valence-corrected chi connectivity index (χ4v) is 2.98. The van der Waals surface area contributed by atoms with Crippen LogP contribution in [-0.2, 0) is 0 Å². The molecule has 0 aromatic heterocycles. The first kappa shape index (κ1) is 17.0. The van der Waals surface area contributed by atoms with Gasteiger partial charge in [0.2, 0.25) is 0 Å². The SMILES string of the molecule is Cc1cc(C)c(C(=O)NCCC2CCNC2)c(C)c1.Cl. The summed E-state index contributed by atoms with van der Waals surface area (Å²) in [7, 11) is 0. The number of halogens is 1. The molecular weight excluding hydrogens is 272 g/mol. The summed E-state index contributed by atoms with van der Waals surface area (Å²) in [5, 5.41) is 6.41. The van der Waals surface area contributed by atoms with Gasteiger partial charge in [0.15, 0.2) is 0 Å². The third-order valence-electron chi connectivity index (χ3n) is 3.90. The van der Waals surface area contributed by atoms with Crippen molar-refractivity contribution < 1.29 is 4.79 Å². The molecule has 0 aliphatic carbocycles. The maximum absolute atomic E-state index is 12.2. The van der Waals surface area contributed by atoms with Gasteiger partial charge in [-0.2, -0.15) is 0 Å². The smallest absolute Gasteiger partial charge is 0.251 e. The molecule has 1 amide bonds. The average Bonchev–Trinajstić information content (AvgIpc) is 2.80. The Morgan fingerprint density at radius 2 is 1.95 bits per heavy atom. The Morgan fingerprint density at radius 1 is 1.30 bits per heavy atom. The number of hydrogen-bond donors (Lipinski definition) is 2. The molecule has 2 N–H and O–H groups in total. The molecule has 0 bridgehead atoms. The van der Waals surface area contributed by atoms with Crippen LogP contribution >= 0.6 is 12.4 Å². The zero-order chi connectivity index (χ0) is 13.8. The molecule has 1 aliphatic rings. The van der Waals surface area contributed by atoms with E-state index in [0.29, 0.717) is 0 Å². The molecule has 0 spiro atoms. The van der Waals surface area contributed by atoms with Crippen LogP contribution in [-0.4, -0.2) is 25.5 Å². The molecule has 1 aromatic rings. The second kappa shape index (κ2) is 7.65. The molecule has 1 heterocycles. The van der Waals surface area contributed by atoms with Gasteiger partial charge >= 0.3 is 0 Å². The van der Waals surface area contributed by atoms with Gasteiger partial charge in [0.1, 0.15) is 0 Å². The molecule has 112 valence electrons. The van der Waals surface area contributed by atoms with Gasteiger partial charge in [-0.05, 0) is 63.7 Å². The summed E-state index contributed by atoms with van der Waals surface area (Å²) in [5.41, 5.74) is 4.19. The number of hydrogen-bond acceptors (Lipinski definition) is 2. The van der Waals surface area contributed by atoms with E-state index in [-0.39, 0.29) is 18.3 Å². The molecule has 4 heteroatoms. The molecule has 1 unspecified atom stereocenters. The molecule has 1 aromatic carbocycles. The normalized spacial score (nSPS) is 17.6. The number of benzene rings is 1. The first-order chi connectivity index (χ1) is 9.08. The number of nitrogens with one attached hydrogen (secondary N) is 2. The van der Waals surface area contributed by atoms with Crippen molar-refractivity contribution in [3.63, 3.8) is 0 Å². The first-order valence-corrected chi connectivity index (χ1v) is 7.14. The highest BCUT2D eigenvalue weighted by Gasteiger charge is 2.16. The number of aryl methyl sites for hydroxylation is 3. The van der Waals surface area contributed by atoms with Gasteiger partial charge in [-0.1, -0.05) is 17.7 Å². The lowest BCUT2D eigenvalue weighted by Gasteiger charge is -2.13. The topological polar surface area (TPSA) is 41.1 Å². The first-order valence-electron chi connectivity index (χ1n) is 7.14. The van der Waals surface area contributed by atoms with Gasteiger partial charge in [0, 0.05) is 12.1 Å². The summed E-state index contributed by atoms with van der Waals surface area (Å²) in [4.78, 5) is 12.2. The van der Waals surface area contributed by atoms with E-state index in [1.165, 1.54) is 12.0 Å².